The molecule has 1 unspecified atom stereocenters. The molecule has 1 atom stereocenters. The Bertz CT molecular complexity index is 102. The van der Waals surface area contributed by atoms with Gasteiger partial charge in [-0.3, -0.25) is 4.79 Å². The fourth-order valence-electron chi connectivity index (χ4n) is 0.368. The van der Waals surface area contributed by atoms with Crippen molar-refractivity contribution in [3.8, 4) is 0 Å². The molecule has 0 spiro atoms. The van der Waals surface area contributed by atoms with Crippen LogP contribution in [-0.2, 0) is 4.79 Å². The molecule has 3 N–H and O–H groups in total. The van der Waals surface area contributed by atoms with Crippen LogP contribution in [0.25, 0.3) is 0 Å². The van der Waals surface area contributed by atoms with Crippen molar-refractivity contribution >= 4 is 34.8 Å². The topological polar surface area (TPSA) is 63.3 Å². The second kappa shape index (κ2) is 7.41. The molecule has 0 aliphatic rings. The molecule has 0 bridgehead atoms. The van der Waals surface area contributed by atoms with Crippen LogP contribution in [-0.4, -0.2) is 46.2 Å². The van der Waals surface area contributed by atoms with Crippen LogP contribution in [0.15, 0.2) is 0 Å². The van der Waals surface area contributed by atoms with E-state index in [9.17, 15) is 4.79 Å². The maximum atomic E-state index is 10.1. The SMILES string of the molecule is CSCCC(N)C(=O)O.[SeH2]. The van der Waals surface area contributed by atoms with Gasteiger partial charge in [0.05, 0.1) is 0 Å². The number of carboxylic acids is 1. The van der Waals surface area contributed by atoms with Crippen molar-refractivity contribution in [2.45, 2.75) is 12.5 Å². The average Bonchev–Trinajstić information content (AvgIpc) is 1.82. The molecule has 10 heavy (non-hydrogen) atoms. The van der Waals surface area contributed by atoms with E-state index in [-0.39, 0.29) is 17.1 Å². The number of hydrogen-bond donors (Lipinski definition) is 2. The van der Waals surface area contributed by atoms with Crippen molar-refractivity contribution in [1.29, 1.82) is 0 Å². The summed E-state index contributed by atoms with van der Waals surface area (Å²) in [6.07, 6.45) is 2.48. The minimum absolute atomic E-state index is 0. The Morgan fingerprint density at radius 3 is 2.60 bits per heavy atom. The van der Waals surface area contributed by atoms with Gasteiger partial charge >= 0.3 is 23.0 Å². The van der Waals surface area contributed by atoms with Crippen LogP contribution in [0.4, 0.5) is 0 Å². The number of carbonyl (C=O) groups is 1. The normalized spacial score (nSPS) is 11.8. The van der Waals surface area contributed by atoms with Crippen molar-refractivity contribution in [2.75, 3.05) is 12.0 Å². The van der Waals surface area contributed by atoms with Crippen molar-refractivity contribution in [3.05, 3.63) is 0 Å². The molecule has 5 heteroatoms. The first-order valence-corrected chi connectivity index (χ1v) is 4.05. The summed E-state index contributed by atoms with van der Waals surface area (Å²) in [5.74, 6) is -0.1000. The number of carboxylic acid groups (broad SMARTS) is 1. The van der Waals surface area contributed by atoms with Gasteiger partial charge in [0, 0.05) is 0 Å². The zero-order chi connectivity index (χ0) is 7.28. The van der Waals surface area contributed by atoms with Crippen molar-refractivity contribution in [1.82, 2.24) is 0 Å². The van der Waals surface area contributed by atoms with Gasteiger partial charge < -0.3 is 10.8 Å². The predicted molar refractivity (Wildman–Crippen MR) is 47.2 cm³/mol. The molecule has 0 aliphatic heterocycles. The first kappa shape index (κ1) is 12.9. The molecule has 0 amide bonds. The number of nitrogens with two attached hydrogens (primary N) is 1. The van der Waals surface area contributed by atoms with E-state index in [0.29, 0.717) is 6.42 Å². The van der Waals surface area contributed by atoms with Crippen LogP contribution in [0.5, 0.6) is 0 Å². The van der Waals surface area contributed by atoms with Crippen LogP contribution in [0.2, 0.25) is 0 Å². The summed E-state index contributed by atoms with van der Waals surface area (Å²) in [6, 6.07) is -0.683. The summed E-state index contributed by atoms with van der Waals surface area (Å²) in [7, 11) is 0. The van der Waals surface area contributed by atoms with Crippen LogP contribution < -0.4 is 5.73 Å². The molecule has 0 rings (SSSR count). The molecule has 62 valence electrons. The fraction of sp³-hybridized carbons (Fsp3) is 0.800. The van der Waals surface area contributed by atoms with E-state index in [4.69, 9.17) is 10.8 Å². The Morgan fingerprint density at radius 2 is 2.30 bits per heavy atom. The maximum absolute atomic E-state index is 10.1. The summed E-state index contributed by atoms with van der Waals surface area (Å²) in [4.78, 5) is 10.1. The van der Waals surface area contributed by atoms with Gasteiger partial charge in [-0.05, 0) is 18.4 Å². The third-order valence-electron chi connectivity index (χ3n) is 0.950. The summed E-state index contributed by atoms with van der Waals surface area (Å²) < 4.78 is 0. The van der Waals surface area contributed by atoms with E-state index in [1.165, 1.54) is 0 Å². The standard InChI is InChI=1S/C5H11NO2S.H2Se/c1-9-3-2-4(6)5(7)8;/h4H,2-3,6H2,1H3,(H,7,8);1H2. The van der Waals surface area contributed by atoms with Gasteiger partial charge in [-0.2, -0.15) is 11.8 Å². The molecule has 3 nitrogen and oxygen atoms in total. The molecule has 0 aliphatic carbocycles. The Hall–Kier alpha value is 0.299. The molecular weight excluding hydrogens is 217 g/mol. The van der Waals surface area contributed by atoms with E-state index in [1.807, 2.05) is 6.26 Å². The zero-order valence-corrected chi connectivity index (χ0v) is 8.75. The van der Waals surface area contributed by atoms with Gasteiger partial charge in [-0.15, -0.1) is 0 Å². The molecule has 0 aromatic carbocycles. The van der Waals surface area contributed by atoms with Crippen molar-refractivity contribution in [3.63, 3.8) is 0 Å². The Balaban J connectivity index is 0. The molecular formula is C5H13NO2SSe. The van der Waals surface area contributed by atoms with Crippen molar-refractivity contribution in [2.24, 2.45) is 5.73 Å². The van der Waals surface area contributed by atoms with E-state index >= 15 is 0 Å². The van der Waals surface area contributed by atoms with E-state index in [1.54, 1.807) is 11.8 Å². The first-order valence-electron chi connectivity index (χ1n) is 2.65. The summed E-state index contributed by atoms with van der Waals surface area (Å²) in [6.45, 7) is 0. The number of aliphatic carboxylic acids is 1. The molecule has 0 fully saturated rings. The quantitative estimate of drug-likeness (QED) is 0.623. The molecule has 0 saturated heterocycles. The second-order valence-corrected chi connectivity index (χ2v) is 2.71. The minimum atomic E-state index is -0.913. The number of thioether (sulfide) groups is 1. The molecule has 0 aromatic rings. The predicted octanol–water partition coefficient (Wildman–Crippen LogP) is -0.765. The number of hydrogen-bond acceptors (Lipinski definition) is 3. The summed E-state index contributed by atoms with van der Waals surface area (Å²) in [5.41, 5.74) is 5.19. The van der Waals surface area contributed by atoms with Gasteiger partial charge in [-0.25, -0.2) is 0 Å². The van der Waals surface area contributed by atoms with Gasteiger partial charge in [0.1, 0.15) is 6.04 Å². The van der Waals surface area contributed by atoms with Gasteiger partial charge in [0.15, 0.2) is 0 Å². The second-order valence-electron chi connectivity index (χ2n) is 1.73. The number of rotatable bonds is 4. The third-order valence-corrected chi connectivity index (χ3v) is 1.59. The van der Waals surface area contributed by atoms with Crippen LogP contribution in [0.3, 0.4) is 0 Å². The van der Waals surface area contributed by atoms with Crippen LogP contribution >= 0.6 is 11.8 Å². The van der Waals surface area contributed by atoms with Gasteiger partial charge in [0.2, 0.25) is 0 Å². The Kier molecular flexibility index (Phi) is 9.58. The van der Waals surface area contributed by atoms with Gasteiger partial charge in [-0.1, -0.05) is 0 Å². The van der Waals surface area contributed by atoms with Crippen LogP contribution in [0, 0.1) is 0 Å². The fourth-order valence-corrected chi connectivity index (χ4v) is 0.858. The third kappa shape index (κ3) is 6.42. The zero-order valence-electron chi connectivity index (χ0n) is 5.83. The first-order chi connectivity index (χ1) is 4.18. The van der Waals surface area contributed by atoms with Crippen molar-refractivity contribution < 1.29 is 9.90 Å². The van der Waals surface area contributed by atoms with E-state index < -0.39 is 12.0 Å². The Labute approximate surface area is 75.2 Å². The summed E-state index contributed by atoms with van der Waals surface area (Å²) in [5, 5.41) is 8.27. The average molecular weight is 230 g/mol. The monoisotopic (exact) mass is 231 g/mol. The summed E-state index contributed by atoms with van der Waals surface area (Å²) >= 11 is 1.60. The van der Waals surface area contributed by atoms with E-state index in [2.05, 4.69) is 0 Å². The molecule has 0 aromatic heterocycles. The van der Waals surface area contributed by atoms with E-state index in [0.717, 1.165) is 5.75 Å². The van der Waals surface area contributed by atoms with Crippen LogP contribution in [0.1, 0.15) is 6.42 Å². The molecule has 0 radical (unpaired) electrons. The molecule has 0 heterocycles. The Morgan fingerprint density at radius 1 is 1.80 bits per heavy atom. The molecule has 0 saturated carbocycles. The van der Waals surface area contributed by atoms with Gasteiger partial charge in [0.25, 0.3) is 0 Å².